The van der Waals surface area contributed by atoms with Gasteiger partial charge in [-0.2, -0.15) is 8.42 Å². The van der Waals surface area contributed by atoms with Crippen LogP contribution in [0.5, 0.6) is 5.75 Å². The Hall–Kier alpha value is -4.56. The van der Waals surface area contributed by atoms with Gasteiger partial charge in [0.1, 0.15) is 11.2 Å². The van der Waals surface area contributed by atoms with Gasteiger partial charge < -0.3 is 43.9 Å². The number of piperidine rings is 1. The minimum absolute atomic E-state index is 0.0295. The van der Waals surface area contributed by atoms with Crippen molar-refractivity contribution in [3.8, 4) is 5.75 Å². The third-order valence-corrected chi connectivity index (χ3v) is 15.7. The molecule has 0 radical (unpaired) electrons. The minimum Gasteiger partial charge on any atom is -0.496 e. The summed E-state index contributed by atoms with van der Waals surface area (Å²) in [5.41, 5.74) is -0.857. The van der Waals surface area contributed by atoms with Gasteiger partial charge in [-0.3, -0.25) is 23.6 Å². The van der Waals surface area contributed by atoms with E-state index >= 15 is 4.79 Å². The van der Waals surface area contributed by atoms with Crippen molar-refractivity contribution < 1.29 is 61.1 Å². The third kappa shape index (κ3) is 6.61. The lowest BCUT2D eigenvalue weighted by atomic mass is 9.47. The fraction of sp³-hybridized carbons (Fsp3) is 0.587. The summed E-state index contributed by atoms with van der Waals surface area (Å²) in [4.78, 5) is 53.2. The molecule has 6 heterocycles. The van der Waals surface area contributed by atoms with Crippen molar-refractivity contribution in [2.45, 2.75) is 93.6 Å². The average molecular weight is 909 g/mol. The normalized spacial score (nSPS) is 35.0. The summed E-state index contributed by atoms with van der Waals surface area (Å²) in [6.07, 6.45) is 4.91. The molecule has 0 amide bonds. The number of likely N-dealkylation sites (N-methyl/N-ethyl adjacent to an activating group) is 1. The summed E-state index contributed by atoms with van der Waals surface area (Å²) in [6.45, 7) is 8.89. The number of nitrogens with one attached hydrogen (secondary N) is 1. The van der Waals surface area contributed by atoms with E-state index in [1.807, 2.05) is 49.2 Å². The second-order valence-electron chi connectivity index (χ2n) is 18.4. The van der Waals surface area contributed by atoms with Crippen molar-refractivity contribution in [3.05, 3.63) is 70.9 Å². The number of carbonyl (C=O) groups excluding carboxylic acids is 3. The zero-order valence-corrected chi connectivity index (χ0v) is 38.2. The van der Waals surface area contributed by atoms with Gasteiger partial charge in [0.15, 0.2) is 6.10 Å². The molecule has 3 fully saturated rings. The van der Waals surface area contributed by atoms with Crippen LogP contribution < -0.4 is 9.64 Å². The van der Waals surface area contributed by atoms with E-state index in [0.717, 1.165) is 52.9 Å². The van der Waals surface area contributed by atoms with Crippen LogP contribution in [0.25, 0.3) is 10.9 Å². The molecule has 2 unspecified atom stereocenters. The Morgan fingerprint density at radius 1 is 0.969 bits per heavy atom. The number of hydrogen-bond donors (Lipinski definition) is 5. The second kappa shape index (κ2) is 16.4. The summed E-state index contributed by atoms with van der Waals surface area (Å²) in [5, 5.41) is 26.5. The van der Waals surface area contributed by atoms with Crippen LogP contribution in [-0.4, -0.2) is 151 Å². The molecule has 5 aliphatic heterocycles. The molecule has 1 spiro atoms. The van der Waals surface area contributed by atoms with Crippen molar-refractivity contribution in [1.82, 2.24) is 14.8 Å². The van der Waals surface area contributed by atoms with Crippen LogP contribution in [0.3, 0.4) is 0 Å². The number of esters is 3. The average Bonchev–Trinajstić information content (AvgIpc) is 3.93. The number of carbonyl (C=O) groups is 3. The van der Waals surface area contributed by atoms with Crippen LogP contribution in [0.4, 0.5) is 5.69 Å². The van der Waals surface area contributed by atoms with E-state index < -0.39 is 68.4 Å². The molecule has 11 atom stereocenters. The third-order valence-electron chi connectivity index (χ3n) is 15.7. The fourth-order valence-corrected chi connectivity index (χ4v) is 13.5. The number of rotatable bonds is 7. The highest BCUT2D eigenvalue weighted by Crippen LogP contribution is 2.68. The Morgan fingerprint density at radius 3 is 2.31 bits per heavy atom. The predicted octanol–water partition coefficient (Wildman–Crippen LogP) is 3.19. The molecular formula is C46H60N4O13S. The van der Waals surface area contributed by atoms with Crippen molar-refractivity contribution in [1.29, 1.82) is 0 Å². The molecule has 6 aliphatic rings. The molecular weight excluding hydrogens is 849 g/mol. The molecule has 17 nitrogen and oxygen atoms in total. The van der Waals surface area contributed by atoms with Crippen LogP contribution in [0.2, 0.25) is 0 Å². The lowest BCUT2D eigenvalue weighted by molar-refractivity contribution is -0.228. The first-order valence-electron chi connectivity index (χ1n) is 22.0. The summed E-state index contributed by atoms with van der Waals surface area (Å²) in [6, 6.07) is 10.9. The first kappa shape index (κ1) is 46.0. The smallest absolute Gasteiger partial charge is 0.394 e. The zero-order valence-electron chi connectivity index (χ0n) is 37.4. The molecule has 5 N–H and O–H groups in total. The highest BCUT2D eigenvalue weighted by molar-refractivity contribution is 7.79. The van der Waals surface area contributed by atoms with E-state index in [4.69, 9.17) is 36.5 Å². The number of aromatic amines is 1. The standard InChI is InChI=1S/C46H58N4O9.H2O4S/c1-8-27-24-49-19-15-30-29-13-10-11-14-33(29)47-37(30)45(41(53)57-6,23-28(25-49)36(27)52)32-21-31-34(22-35(32)56-5)48(4)39-44(31)17-20-50-18-12-16-43(9-2,38(44)50)40(59-26(3)51)46(39,55)42(54)58-7;1-5(2,3)4/h10-14,16,21-22,27-28,36,38-40,47,52,55H,8-9,15,17-20,23-25H2,1-7H3;(H2,1,2,3,4)/t27-,28+,36?,38+,39-,40-,43-,44-,45+,46+;/m1./s1. The first-order chi connectivity index (χ1) is 30.3. The molecule has 2 bridgehead atoms. The van der Waals surface area contributed by atoms with Gasteiger partial charge >= 0.3 is 28.3 Å². The summed E-state index contributed by atoms with van der Waals surface area (Å²) < 4.78 is 55.5. The van der Waals surface area contributed by atoms with E-state index in [-0.39, 0.29) is 24.3 Å². The van der Waals surface area contributed by atoms with Gasteiger partial charge in [-0.1, -0.05) is 44.2 Å². The Kier molecular flexibility index (Phi) is 11.8. The number of hydrogen-bond acceptors (Lipinski definition) is 14. The largest absolute Gasteiger partial charge is 0.496 e. The van der Waals surface area contributed by atoms with Crippen LogP contribution in [-0.2, 0) is 56.2 Å². The summed E-state index contributed by atoms with van der Waals surface area (Å²) in [7, 11) is 1.46. The number of aliphatic hydroxyl groups is 2. The van der Waals surface area contributed by atoms with Crippen LogP contribution in [0.1, 0.15) is 68.8 Å². The predicted molar refractivity (Wildman–Crippen MR) is 235 cm³/mol. The molecule has 9 rings (SSSR count). The zero-order chi connectivity index (χ0) is 46.3. The maximum atomic E-state index is 15.3. The molecule has 2 aromatic carbocycles. The van der Waals surface area contributed by atoms with E-state index in [9.17, 15) is 19.8 Å². The highest BCUT2D eigenvalue weighted by atomic mass is 32.3. The summed E-state index contributed by atoms with van der Waals surface area (Å²) in [5.74, 6) is -1.78. The van der Waals surface area contributed by atoms with E-state index in [0.29, 0.717) is 50.2 Å². The van der Waals surface area contributed by atoms with Crippen LogP contribution >= 0.6 is 0 Å². The fourth-order valence-electron chi connectivity index (χ4n) is 13.5. The van der Waals surface area contributed by atoms with Crippen molar-refractivity contribution in [2.24, 2.45) is 17.3 Å². The highest BCUT2D eigenvalue weighted by Gasteiger charge is 2.80. The van der Waals surface area contributed by atoms with E-state index in [1.54, 1.807) is 7.11 Å². The monoisotopic (exact) mass is 908 g/mol. The molecule has 1 aromatic heterocycles. The van der Waals surface area contributed by atoms with Crippen LogP contribution in [0, 0.1) is 17.3 Å². The Balaban J connectivity index is 0.00000106. The van der Waals surface area contributed by atoms with Crippen molar-refractivity contribution >= 4 is 44.9 Å². The van der Waals surface area contributed by atoms with Gasteiger partial charge in [-0.25, -0.2) is 4.79 Å². The van der Waals surface area contributed by atoms with Gasteiger partial charge in [0, 0.05) is 90.9 Å². The number of ether oxygens (including phenoxy) is 4. The molecule has 348 valence electrons. The molecule has 2 saturated heterocycles. The lowest BCUT2D eigenvalue weighted by Gasteiger charge is -2.63. The summed E-state index contributed by atoms with van der Waals surface area (Å²) >= 11 is 0. The van der Waals surface area contributed by atoms with Crippen LogP contribution in [0.15, 0.2) is 48.6 Å². The van der Waals surface area contributed by atoms with E-state index in [1.165, 1.54) is 21.1 Å². The number of para-hydroxylation sites is 1. The Labute approximate surface area is 373 Å². The van der Waals surface area contributed by atoms with Gasteiger partial charge in [0.2, 0.25) is 5.60 Å². The second-order valence-corrected chi connectivity index (χ2v) is 19.3. The minimum atomic E-state index is -4.67. The molecule has 1 aliphatic carbocycles. The van der Waals surface area contributed by atoms with Gasteiger partial charge in [0.05, 0.1) is 33.5 Å². The number of methoxy groups -OCH3 is 3. The van der Waals surface area contributed by atoms with E-state index in [2.05, 4.69) is 39.9 Å². The molecule has 18 heteroatoms. The van der Waals surface area contributed by atoms with Crippen molar-refractivity contribution in [2.75, 3.05) is 66.0 Å². The number of nitrogens with zero attached hydrogens (tertiary/aromatic N) is 3. The van der Waals surface area contributed by atoms with Gasteiger partial charge in [-0.05, 0) is 73.7 Å². The number of benzene rings is 2. The molecule has 1 saturated carbocycles. The number of aliphatic hydroxyl groups excluding tert-OH is 1. The maximum Gasteiger partial charge on any atom is 0.394 e. The molecule has 64 heavy (non-hydrogen) atoms. The van der Waals surface area contributed by atoms with Gasteiger partial charge in [0.25, 0.3) is 0 Å². The SMILES string of the molecule is CC[C@@H]1CN2CCc3c([nH]c4ccccc34)[C@@](C(=O)OC)(c3cc4c(cc3OC)N(C)[C@H]3[C@@](O)(C(=O)OC)[C@H](OC(C)=O)[C@]5(CC)C=CCN6CC[C@]43[C@@H]65)C[C@@H](C2)C1O.O=S(=O)(O)O. The number of fused-ring (bicyclic) bond motifs is 6. The van der Waals surface area contributed by atoms with Gasteiger partial charge in [-0.15, -0.1) is 0 Å². The number of anilines is 1. The maximum absolute atomic E-state index is 15.3. The first-order valence-corrected chi connectivity index (χ1v) is 23.4. The number of aromatic nitrogens is 1. The topological polar surface area (TPSA) is 229 Å². The Morgan fingerprint density at radius 2 is 1.67 bits per heavy atom. The number of H-pyrrole nitrogens is 1. The lowest BCUT2D eigenvalue weighted by Crippen LogP contribution is -2.81. The Bertz CT molecular complexity index is 2490. The molecule has 3 aromatic rings. The quantitative estimate of drug-likeness (QED) is 0.0993. The van der Waals surface area contributed by atoms with Crippen molar-refractivity contribution in [3.63, 3.8) is 0 Å².